The maximum Gasteiger partial charge on any atom is 0.262 e. The number of hydrogen-bond donors (Lipinski definition) is 2. The molecule has 1 aliphatic rings. The Labute approximate surface area is 173 Å². The number of carbonyl (C=O) groups excluding carboxylic acids is 2. The number of benzene rings is 3. The molecule has 0 heterocycles. The fourth-order valence-corrected chi connectivity index (χ4v) is 4.54. The molecule has 8 heteroatoms. The summed E-state index contributed by atoms with van der Waals surface area (Å²) in [4.78, 5) is 26.0. The molecule has 0 aliphatic heterocycles. The summed E-state index contributed by atoms with van der Waals surface area (Å²) < 4.78 is 33.4. The van der Waals surface area contributed by atoms with Crippen LogP contribution < -0.4 is 15.2 Å². The molecule has 0 aromatic heterocycles. The number of nitrogens with one attached hydrogen (secondary N) is 1. The molecule has 0 amide bonds. The first-order valence-corrected chi connectivity index (χ1v) is 10.5. The molecule has 0 bridgehead atoms. The molecule has 0 unspecified atom stereocenters. The van der Waals surface area contributed by atoms with Crippen molar-refractivity contribution in [3.8, 4) is 5.75 Å². The lowest BCUT2D eigenvalue weighted by atomic mass is 9.83. The van der Waals surface area contributed by atoms with Gasteiger partial charge in [-0.25, -0.2) is 8.42 Å². The summed E-state index contributed by atoms with van der Waals surface area (Å²) in [7, 11) is -2.67. The van der Waals surface area contributed by atoms with E-state index in [-0.39, 0.29) is 44.3 Å². The highest BCUT2D eigenvalue weighted by molar-refractivity contribution is 7.92. The van der Waals surface area contributed by atoms with Crippen LogP contribution in [0.1, 0.15) is 37.4 Å². The van der Waals surface area contributed by atoms with Crippen LogP contribution in [0.2, 0.25) is 0 Å². The second-order valence-corrected chi connectivity index (χ2v) is 8.60. The minimum absolute atomic E-state index is 0.00818. The lowest BCUT2D eigenvalue weighted by Gasteiger charge is -2.22. The van der Waals surface area contributed by atoms with E-state index in [1.807, 2.05) is 6.92 Å². The Morgan fingerprint density at radius 1 is 0.900 bits per heavy atom. The van der Waals surface area contributed by atoms with Gasteiger partial charge in [0.15, 0.2) is 17.3 Å². The van der Waals surface area contributed by atoms with Crippen molar-refractivity contribution in [2.24, 2.45) is 0 Å². The van der Waals surface area contributed by atoms with Crippen molar-refractivity contribution in [1.29, 1.82) is 0 Å². The topological polar surface area (TPSA) is 116 Å². The predicted octanol–water partition coefficient (Wildman–Crippen LogP) is 3.16. The summed E-state index contributed by atoms with van der Waals surface area (Å²) in [5, 5.41) is 0. The van der Waals surface area contributed by atoms with Crippen molar-refractivity contribution in [1.82, 2.24) is 0 Å². The highest BCUT2D eigenvalue weighted by atomic mass is 32.2. The molecule has 0 fully saturated rings. The van der Waals surface area contributed by atoms with Gasteiger partial charge in [0.2, 0.25) is 0 Å². The highest BCUT2D eigenvalue weighted by Crippen LogP contribution is 2.41. The van der Waals surface area contributed by atoms with Crippen LogP contribution in [-0.4, -0.2) is 27.1 Å². The van der Waals surface area contributed by atoms with Gasteiger partial charge >= 0.3 is 0 Å². The van der Waals surface area contributed by atoms with Gasteiger partial charge in [0.25, 0.3) is 10.0 Å². The Bertz CT molecular complexity index is 1310. The van der Waals surface area contributed by atoms with E-state index in [2.05, 4.69) is 4.72 Å². The lowest BCUT2D eigenvalue weighted by molar-refractivity contribution is 0.0979. The number of methoxy groups -OCH3 is 1. The fourth-order valence-electron chi connectivity index (χ4n) is 3.49. The Morgan fingerprint density at radius 3 is 2.10 bits per heavy atom. The van der Waals surface area contributed by atoms with Crippen molar-refractivity contribution in [3.63, 3.8) is 0 Å². The number of aryl methyl sites for hydroxylation is 1. The third-order valence-electron chi connectivity index (χ3n) is 4.98. The summed E-state index contributed by atoms with van der Waals surface area (Å²) in [5.74, 6) is -0.848. The van der Waals surface area contributed by atoms with Gasteiger partial charge in [0.05, 0.1) is 28.9 Å². The monoisotopic (exact) mass is 422 g/mol. The minimum Gasteiger partial charge on any atom is -0.492 e. The van der Waals surface area contributed by atoms with Crippen LogP contribution in [0.15, 0.2) is 59.5 Å². The van der Waals surface area contributed by atoms with Gasteiger partial charge in [0, 0.05) is 16.7 Å². The van der Waals surface area contributed by atoms with Gasteiger partial charge in [0.1, 0.15) is 0 Å². The zero-order chi connectivity index (χ0) is 21.6. The lowest BCUT2D eigenvalue weighted by Crippen LogP contribution is -2.24. The van der Waals surface area contributed by atoms with Crippen molar-refractivity contribution >= 4 is 33.0 Å². The molecule has 7 nitrogen and oxygen atoms in total. The standard InChI is InChI=1S/C22H18N2O5S/c1-12-7-9-13(10-8-12)30(27,28)24-17-11-16-18(19(23)22(17)29-2)21(26)15-6-4-3-5-14(15)20(16)25/h3-11,24H,23H2,1-2H3. The molecule has 0 radical (unpaired) electrons. The first kappa shape index (κ1) is 19.7. The average Bonchev–Trinajstić information content (AvgIpc) is 2.72. The SMILES string of the molecule is COc1c(NS(=O)(=O)c2ccc(C)cc2)cc2c(c1N)C(=O)c1ccccc1C2=O. The average molecular weight is 422 g/mol. The van der Waals surface area contributed by atoms with E-state index >= 15 is 0 Å². The molecule has 30 heavy (non-hydrogen) atoms. The maximum absolute atomic E-state index is 13.0. The summed E-state index contributed by atoms with van der Waals surface area (Å²) in [6.07, 6.45) is 0. The molecule has 3 aromatic carbocycles. The van der Waals surface area contributed by atoms with Gasteiger partial charge < -0.3 is 10.5 Å². The third-order valence-corrected chi connectivity index (χ3v) is 6.37. The molecule has 0 atom stereocenters. The molecule has 1 aliphatic carbocycles. The highest BCUT2D eigenvalue weighted by Gasteiger charge is 2.34. The first-order chi connectivity index (χ1) is 14.2. The summed E-state index contributed by atoms with van der Waals surface area (Å²) >= 11 is 0. The quantitative estimate of drug-likeness (QED) is 0.488. The molecule has 0 saturated heterocycles. The molecule has 152 valence electrons. The van der Waals surface area contributed by atoms with Gasteiger partial charge in [-0.2, -0.15) is 0 Å². The molecule has 0 spiro atoms. The van der Waals surface area contributed by atoms with Gasteiger partial charge in [-0.1, -0.05) is 42.0 Å². The van der Waals surface area contributed by atoms with Crippen LogP contribution in [0.25, 0.3) is 0 Å². The first-order valence-electron chi connectivity index (χ1n) is 9.03. The number of hydrogen-bond acceptors (Lipinski definition) is 6. The summed E-state index contributed by atoms with van der Waals surface area (Å²) in [6, 6.07) is 14.0. The van der Waals surface area contributed by atoms with Crippen molar-refractivity contribution < 1.29 is 22.7 Å². The van der Waals surface area contributed by atoms with E-state index in [1.54, 1.807) is 36.4 Å². The maximum atomic E-state index is 13.0. The number of nitrogens with two attached hydrogens (primary N) is 1. The fraction of sp³-hybridized carbons (Fsp3) is 0.0909. The van der Waals surface area contributed by atoms with Crippen molar-refractivity contribution in [2.75, 3.05) is 17.6 Å². The molecule has 4 rings (SSSR count). The smallest absolute Gasteiger partial charge is 0.262 e. The van der Waals surface area contributed by atoms with Gasteiger partial charge in [-0.15, -0.1) is 0 Å². The van der Waals surface area contributed by atoms with E-state index in [1.165, 1.54) is 25.3 Å². The number of sulfonamides is 1. The van der Waals surface area contributed by atoms with E-state index in [9.17, 15) is 18.0 Å². The molecular weight excluding hydrogens is 404 g/mol. The van der Waals surface area contributed by atoms with Crippen LogP contribution in [0, 0.1) is 6.92 Å². The minimum atomic E-state index is -3.98. The Kier molecular flexibility index (Phi) is 4.58. The molecule has 0 saturated carbocycles. The van der Waals surface area contributed by atoms with Crippen LogP contribution in [-0.2, 0) is 10.0 Å². The third kappa shape index (κ3) is 3.02. The number of anilines is 2. The normalized spacial score (nSPS) is 12.9. The number of rotatable bonds is 4. The number of ether oxygens (including phenoxy) is 1. The largest absolute Gasteiger partial charge is 0.492 e. The predicted molar refractivity (Wildman–Crippen MR) is 113 cm³/mol. The Hall–Kier alpha value is -3.65. The molecule has 3 aromatic rings. The number of ketones is 2. The van der Waals surface area contributed by atoms with Crippen molar-refractivity contribution in [2.45, 2.75) is 11.8 Å². The van der Waals surface area contributed by atoms with Gasteiger partial charge in [-0.3, -0.25) is 14.3 Å². The van der Waals surface area contributed by atoms with Crippen LogP contribution in [0.3, 0.4) is 0 Å². The number of nitrogen functional groups attached to an aromatic ring is 1. The second-order valence-electron chi connectivity index (χ2n) is 6.92. The molecular formula is C22H18N2O5S. The van der Waals surface area contributed by atoms with E-state index < -0.39 is 21.6 Å². The van der Waals surface area contributed by atoms with Crippen LogP contribution in [0.5, 0.6) is 5.75 Å². The van der Waals surface area contributed by atoms with Gasteiger partial charge in [-0.05, 0) is 25.1 Å². The van der Waals surface area contributed by atoms with Crippen LogP contribution >= 0.6 is 0 Å². The number of carbonyl (C=O) groups is 2. The zero-order valence-corrected chi connectivity index (χ0v) is 17.0. The number of fused-ring (bicyclic) bond motifs is 2. The van der Waals surface area contributed by atoms with E-state index in [0.29, 0.717) is 0 Å². The van der Waals surface area contributed by atoms with E-state index in [0.717, 1.165) is 5.56 Å². The summed E-state index contributed by atoms with van der Waals surface area (Å²) in [6.45, 7) is 1.84. The van der Waals surface area contributed by atoms with Crippen molar-refractivity contribution in [3.05, 3.63) is 82.4 Å². The van der Waals surface area contributed by atoms with Crippen LogP contribution in [0.4, 0.5) is 11.4 Å². The zero-order valence-electron chi connectivity index (χ0n) is 16.2. The second kappa shape index (κ2) is 7.00. The Balaban J connectivity index is 1.87. The Morgan fingerprint density at radius 2 is 1.50 bits per heavy atom. The van der Waals surface area contributed by atoms with E-state index in [4.69, 9.17) is 10.5 Å². The molecule has 3 N–H and O–H groups in total. The summed E-state index contributed by atoms with van der Waals surface area (Å²) in [5.41, 5.74) is 7.49.